The first-order valence-corrected chi connectivity index (χ1v) is 11.5. The molecule has 0 aliphatic heterocycles. The molecule has 1 heterocycles. The van der Waals surface area contributed by atoms with Gasteiger partial charge in [0.05, 0.1) is 11.3 Å². The van der Waals surface area contributed by atoms with Crippen LogP contribution in [0.4, 0.5) is 23.7 Å². The molecule has 0 spiro atoms. The standard InChI is InChI=1S/C28H23ClF3N3O/c1-19-13-14-33-25(15-19)27(18-20-7-3-2-4-8-20,21-9-5-10-22(16-21)28(30,31)32)35-26(36)34-24-12-6-11-23(29)17-24/h2-17H,18H2,1H3,(H2,34,35,36). The van der Waals surface area contributed by atoms with E-state index in [-0.39, 0.29) is 12.0 Å². The van der Waals surface area contributed by atoms with Gasteiger partial charge in [-0.2, -0.15) is 13.2 Å². The number of rotatable bonds is 6. The van der Waals surface area contributed by atoms with Crippen LogP contribution >= 0.6 is 11.6 Å². The number of aromatic nitrogens is 1. The average molecular weight is 510 g/mol. The molecule has 0 saturated carbocycles. The fourth-order valence-corrected chi connectivity index (χ4v) is 4.27. The van der Waals surface area contributed by atoms with Crippen molar-refractivity contribution >= 4 is 23.3 Å². The van der Waals surface area contributed by atoms with Gasteiger partial charge in [0.1, 0.15) is 5.54 Å². The lowest BCUT2D eigenvalue weighted by Crippen LogP contribution is -2.50. The molecule has 8 heteroatoms. The molecule has 184 valence electrons. The normalized spacial score (nSPS) is 13.0. The highest BCUT2D eigenvalue weighted by molar-refractivity contribution is 6.30. The van der Waals surface area contributed by atoms with Crippen molar-refractivity contribution < 1.29 is 18.0 Å². The summed E-state index contributed by atoms with van der Waals surface area (Å²) in [4.78, 5) is 17.8. The number of carbonyl (C=O) groups is 1. The number of amides is 2. The second-order valence-corrected chi connectivity index (χ2v) is 8.89. The molecule has 0 aliphatic rings. The summed E-state index contributed by atoms with van der Waals surface area (Å²) < 4.78 is 41.1. The topological polar surface area (TPSA) is 54.0 Å². The minimum atomic E-state index is -4.56. The van der Waals surface area contributed by atoms with Gasteiger partial charge in [-0.3, -0.25) is 4.98 Å². The van der Waals surface area contributed by atoms with E-state index in [0.29, 0.717) is 16.4 Å². The Hall–Kier alpha value is -3.84. The first-order chi connectivity index (χ1) is 17.2. The van der Waals surface area contributed by atoms with Crippen molar-refractivity contribution in [3.63, 3.8) is 0 Å². The fourth-order valence-electron chi connectivity index (χ4n) is 4.08. The molecule has 0 aliphatic carbocycles. The van der Waals surface area contributed by atoms with E-state index in [4.69, 9.17) is 11.6 Å². The van der Waals surface area contributed by atoms with Gasteiger partial charge < -0.3 is 10.6 Å². The monoisotopic (exact) mass is 509 g/mol. The third-order valence-electron chi connectivity index (χ3n) is 5.76. The summed E-state index contributed by atoms with van der Waals surface area (Å²) >= 11 is 6.05. The van der Waals surface area contributed by atoms with Gasteiger partial charge in [0.2, 0.25) is 0 Å². The van der Waals surface area contributed by atoms with Crippen molar-refractivity contribution in [2.24, 2.45) is 0 Å². The van der Waals surface area contributed by atoms with Crippen molar-refractivity contribution in [3.05, 3.63) is 130 Å². The van der Waals surface area contributed by atoms with E-state index in [0.717, 1.165) is 23.3 Å². The Morgan fingerprint density at radius 1 is 0.889 bits per heavy atom. The van der Waals surface area contributed by atoms with Gasteiger partial charge in [-0.1, -0.05) is 60.1 Å². The highest BCUT2D eigenvalue weighted by atomic mass is 35.5. The van der Waals surface area contributed by atoms with E-state index >= 15 is 0 Å². The first-order valence-electron chi connectivity index (χ1n) is 11.2. The SMILES string of the molecule is Cc1ccnc(C(Cc2ccccc2)(NC(=O)Nc2cccc(Cl)c2)c2cccc(C(F)(F)F)c2)c1. The number of nitrogens with zero attached hydrogens (tertiary/aromatic N) is 1. The average Bonchev–Trinajstić information content (AvgIpc) is 2.84. The van der Waals surface area contributed by atoms with Gasteiger partial charge in [0.25, 0.3) is 0 Å². The maximum atomic E-state index is 13.7. The maximum absolute atomic E-state index is 13.7. The molecule has 4 rings (SSSR count). The molecule has 0 bridgehead atoms. The van der Waals surface area contributed by atoms with Gasteiger partial charge >= 0.3 is 12.2 Å². The zero-order chi connectivity index (χ0) is 25.8. The molecular weight excluding hydrogens is 487 g/mol. The van der Waals surface area contributed by atoms with Crippen LogP contribution in [-0.4, -0.2) is 11.0 Å². The van der Waals surface area contributed by atoms with E-state index in [1.54, 1.807) is 48.7 Å². The van der Waals surface area contributed by atoms with Crippen LogP contribution in [0.5, 0.6) is 0 Å². The summed E-state index contributed by atoms with van der Waals surface area (Å²) in [6, 6.07) is 23.7. The van der Waals surface area contributed by atoms with Gasteiger partial charge in [-0.15, -0.1) is 0 Å². The summed E-state index contributed by atoms with van der Waals surface area (Å²) in [5, 5.41) is 6.13. The molecular formula is C28H23ClF3N3O. The number of pyridine rings is 1. The number of alkyl halides is 3. The molecule has 4 nitrogen and oxygen atoms in total. The third kappa shape index (κ3) is 5.86. The maximum Gasteiger partial charge on any atom is 0.416 e. The summed E-state index contributed by atoms with van der Waals surface area (Å²) in [5.41, 5.74) is 0.518. The van der Waals surface area contributed by atoms with Gasteiger partial charge in [-0.05, 0) is 66.1 Å². The number of anilines is 1. The summed E-state index contributed by atoms with van der Waals surface area (Å²) in [6.07, 6.45) is -2.82. The Morgan fingerprint density at radius 2 is 1.61 bits per heavy atom. The van der Waals surface area contributed by atoms with Crippen molar-refractivity contribution in [1.29, 1.82) is 0 Å². The number of halogens is 4. The van der Waals surface area contributed by atoms with Gasteiger partial charge in [0, 0.05) is 23.3 Å². The minimum Gasteiger partial charge on any atom is -0.322 e. The van der Waals surface area contributed by atoms with Crippen LogP contribution in [0, 0.1) is 6.92 Å². The molecule has 36 heavy (non-hydrogen) atoms. The minimum absolute atomic E-state index is 0.161. The highest BCUT2D eigenvalue weighted by Gasteiger charge is 2.40. The largest absolute Gasteiger partial charge is 0.416 e. The molecule has 4 aromatic rings. The molecule has 1 aromatic heterocycles. The lowest BCUT2D eigenvalue weighted by molar-refractivity contribution is -0.137. The van der Waals surface area contributed by atoms with Crippen molar-refractivity contribution in [2.75, 3.05) is 5.32 Å². The number of nitrogens with one attached hydrogen (secondary N) is 2. The predicted octanol–water partition coefficient (Wildman–Crippen LogP) is 7.37. The molecule has 1 unspecified atom stereocenters. The fraction of sp³-hybridized carbons (Fsp3) is 0.143. The number of urea groups is 1. The number of aryl methyl sites for hydroxylation is 1. The molecule has 0 radical (unpaired) electrons. The van der Waals surface area contributed by atoms with E-state index in [2.05, 4.69) is 15.6 Å². The van der Waals surface area contributed by atoms with Crippen LogP contribution in [0.1, 0.15) is 27.9 Å². The van der Waals surface area contributed by atoms with Crippen molar-refractivity contribution in [1.82, 2.24) is 10.3 Å². The van der Waals surface area contributed by atoms with Crippen LogP contribution in [0.25, 0.3) is 0 Å². The molecule has 0 fully saturated rings. The van der Waals surface area contributed by atoms with Crippen molar-refractivity contribution in [2.45, 2.75) is 25.1 Å². The lowest BCUT2D eigenvalue weighted by atomic mass is 9.79. The Labute approximate surface area is 212 Å². The summed E-state index contributed by atoms with van der Waals surface area (Å²) in [5.74, 6) is 0. The smallest absolute Gasteiger partial charge is 0.322 e. The Balaban J connectivity index is 1.88. The van der Waals surface area contributed by atoms with E-state index in [9.17, 15) is 18.0 Å². The number of benzene rings is 3. The third-order valence-corrected chi connectivity index (χ3v) is 5.99. The molecule has 2 amide bonds. The number of hydrogen-bond donors (Lipinski definition) is 2. The summed E-state index contributed by atoms with van der Waals surface area (Å²) in [7, 11) is 0. The van der Waals surface area contributed by atoms with Crippen LogP contribution in [0.2, 0.25) is 5.02 Å². The molecule has 1 atom stereocenters. The van der Waals surface area contributed by atoms with Gasteiger partial charge in [0.15, 0.2) is 0 Å². The number of hydrogen-bond acceptors (Lipinski definition) is 2. The predicted molar refractivity (Wildman–Crippen MR) is 135 cm³/mol. The van der Waals surface area contributed by atoms with Gasteiger partial charge in [-0.25, -0.2) is 4.79 Å². The van der Waals surface area contributed by atoms with E-state index in [1.165, 1.54) is 6.07 Å². The molecule has 2 N–H and O–H groups in total. The first kappa shape index (κ1) is 25.3. The second-order valence-electron chi connectivity index (χ2n) is 8.45. The van der Waals surface area contributed by atoms with E-state index in [1.807, 2.05) is 37.3 Å². The summed E-state index contributed by atoms with van der Waals surface area (Å²) in [6.45, 7) is 1.86. The molecule has 3 aromatic carbocycles. The van der Waals surface area contributed by atoms with Crippen LogP contribution in [0.3, 0.4) is 0 Å². The molecule has 0 saturated heterocycles. The van der Waals surface area contributed by atoms with Crippen molar-refractivity contribution in [3.8, 4) is 0 Å². The highest BCUT2D eigenvalue weighted by Crippen LogP contribution is 2.37. The Morgan fingerprint density at radius 3 is 2.31 bits per heavy atom. The van der Waals surface area contributed by atoms with Crippen LogP contribution in [-0.2, 0) is 18.1 Å². The zero-order valence-electron chi connectivity index (χ0n) is 19.3. The number of carbonyl (C=O) groups excluding carboxylic acids is 1. The quantitative estimate of drug-likeness (QED) is 0.285. The van der Waals surface area contributed by atoms with Crippen LogP contribution in [0.15, 0.2) is 97.2 Å². The Bertz CT molecular complexity index is 1360. The van der Waals surface area contributed by atoms with Crippen LogP contribution < -0.4 is 10.6 Å². The second kappa shape index (κ2) is 10.4. The van der Waals surface area contributed by atoms with E-state index < -0.39 is 23.3 Å². The lowest BCUT2D eigenvalue weighted by Gasteiger charge is -2.36. The zero-order valence-corrected chi connectivity index (χ0v) is 20.1. The Kier molecular flexibility index (Phi) is 7.31.